The standard InChI is InChI=1S/C30H31F3N8O4/c1-19(37-24-15-36-41(29(42)27(24)30(31,32)33)16-20-3-6-23(43-2)7-4-20)17-44-18-26-38-28(39-45-26)22-9-11-40(12-10-22)25-8-5-21(13-34)14-35-25/h3-8,14-15,19,22,37H,9-12,16-18H2,1-2H3. The molecule has 0 aliphatic carbocycles. The number of aromatic nitrogens is 5. The second-order valence-corrected chi connectivity index (χ2v) is 10.6. The molecule has 1 saturated heterocycles. The molecule has 1 N–H and O–H groups in total. The first-order valence-electron chi connectivity index (χ1n) is 14.2. The van der Waals surface area contributed by atoms with Gasteiger partial charge in [0, 0.05) is 31.2 Å². The van der Waals surface area contributed by atoms with E-state index in [4.69, 9.17) is 19.3 Å². The summed E-state index contributed by atoms with van der Waals surface area (Å²) in [5, 5.41) is 19.7. The first-order valence-corrected chi connectivity index (χ1v) is 14.2. The van der Waals surface area contributed by atoms with E-state index < -0.39 is 29.0 Å². The molecule has 1 unspecified atom stereocenters. The lowest BCUT2D eigenvalue weighted by atomic mass is 9.96. The minimum absolute atomic E-state index is 0.0000761. The molecule has 5 rings (SSSR count). The Morgan fingerprint density at radius 2 is 1.91 bits per heavy atom. The van der Waals surface area contributed by atoms with Crippen LogP contribution in [0.3, 0.4) is 0 Å². The highest BCUT2D eigenvalue weighted by molar-refractivity contribution is 5.50. The van der Waals surface area contributed by atoms with Gasteiger partial charge in [-0.15, -0.1) is 0 Å². The molecule has 1 fully saturated rings. The minimum Gasteiger partial charge on any atom is -0.497 e. The van der Waals surface area contributed by atoms with Crippen LogP contribution in [0, 0.1) is 11.3 Å². The number of anilines is 2. The summed E-state index contributed by atoms with van der Waals surface area (Å²) in [6.07, 6.45) is -0.777. The summed E-state index contributed by atoms with van der Waals surface area (Å²) >= 11 is 0. The fourth-order valence-corrected chi connectivity index (χ4v) is 5.02. The van der Waals surface area contributed by atoms with Gasteiger partial charge in [-0.05, 0) is 49.6 Å². The molecule has 236 valence electrons. The Morgan fingerprint density at radius 1 is 1.16 bits per heavy atom. The number of nitrogens with zero attached hydrogens (tertiary/aromatic N) is 7. The molecule has 4 heterocycles. The molecule has 12 nitrogen and oxygen atoms in total. The molecule has 0 amide bonds. The Bertz CT molecular complexity index is 1680. The van der Waals surface area contributed by atoms with Gasteiger partial charge in [-0.1, -0.05) is 17.3 Å². The van der Waals surface area contributed by atoms with Crippen LogP contribution in [0.2, 0.25) is 0 Å². The van der Waals surface area contributed by atoms with Gasteiger partial charge in [0.1, 0.15) is 29.8 Å². The Labute approximate surface area is 256 Å². The van der Waals surface area contributed by atoms with Crippen molar-refractivity contribution in [3.63, 3.8) is 0 Å². The second-order valence-electron chi connectivity index (χ2n) is 10.6. The average molecular weight is 625 g/mol. The van der Waals surface area contributed by atoms with Crippen molar-refractivity contribution in [2.24, 2.45) is 0 Å². The van der Waals surface area contributed by atoms with Crippen molar-refractivity contribution < 1.29 is 27.2 Å². The Hall–Kier alpha value is -4.97. The van der Waals surface area contributed by atoms with Crippen molar-refractivity contribution in [1.29, 1.82) is 5.26 Å². The van der Waals surface area contributed by atoms with Crippen LogP contribution in [0.4, 0.5) is 24.7 Å². The van der Waals surface area contributed by atoms with Crippen molar-refractivity contribution in [3.8, 4) is 11.8 Å². The third kappa shape index (κ3) is 7.76. The van der Waals surface area contributed by atoms with Gasteiger partial charge in [0.05, 0.1) is 37.7 Å². The number of alkyl halides is 3. The molecule has 4 aromatic rings. The van der Waals surface area contributed by atoms with Crippen LogP contribution in [0.1, 0.15) is 54.1 Å². The SMILES string of the molecule is COc1ccc(Cn2ncc(NC(C)COCc3nc(C4CCN(c5ccc(C#N)cn5)CC4)no3)c(C(F)(F)F)c2=O)cc1. The van der Waals surface area contributed by atoms with Crippen LogP contribution < -0.4 is 20.5 Å². The quantitative estimate of drug-likeness (QED) is 0.254. The topological polar surface area (TPSA) is 144 Å². The van der Waals surface area contributed by atoms with Crippen molar-refractivity contribution in [3.05, 3.63) is 87.6 Å². The van der Waals surface area contributed by atoms with Crippen LogP contribution in [-0.2, 0) is 24.1 Å². The number of hydrogen-bond donors (Lipinski definition) is 1. The first kappa shape index (κ1) is 31.5. The van der Waals surface area contributed by atoms with Gasteiger partial charge < -0.3 is 24.2 Å². The van der Waals surface area contributed by atoms with E-state index >= 15 is 0 Å². The maximum atomic E-state index is 14.0. The lowest BCUT2D eigenvalue weighted by Gasteiger charge is -2.31. The van der Waals surface area contributed by atoms with Gasteiger partial charge >= 0.3 is 6.18 Å². The van der Waals surface area contributed by atoms with Crippen molar-refractivity contribution in [2.75, 3.05) is 37.0 Å². The molecule has 1 aliphatic rings. The van der Waals surface area contributed by atoms with Crippen molar-refractivity contribution in [1.82, 2.24) is 24.9 Å². The van der Waals surface area contributed by atoms with E-state index in [-0.39, 0.29) is 31.6 Å². The number of ether oxygens (including phenoxy) is 2. The lowest BCUT2D eigenvalue weighted by Crippen LogP contribution is -2.34. The monoisotopic (exact) mass is 624 g/mol. The number of halogens is 3. The predicted octanol–water partition coefficient (Wildman–Crippen LogP) is 4.37. The predicted molar refractivity (Wildman–Crippen MR) is 156 cm³/mol. The molecular weight excluding hydrogens is 593 g/mol. The van der Waals surface area contributed by atoms with E-state index in [0.29, 0.717) is 22.7 Å². The smallest absolute Gasteiger partial charge is 0.423 e. The summed E-state index contributed by atoms with van der Waals surface area (Å²) < 4.78 is 58.7. The number of pyridine rings is 1. The largest absolute Gasteiger partial charge is 0.497 e. The van der Waals surface area contributed by atoms with Crippen LogP contribution in [-0.4, -0.2) is 57.8 Å². The van der Waals surface area contributed by atoms with Crippen molar-refractivity contribution >= 4 is 11.5 Å². The Morgan fingerprint density at radius 3 is 2.56 bits per heavy atom. The zero-order valence-corrected chi connectivity index (χ0v) is 24.6. The average Bonchev–Trinajstić information content (AvgIpc) is 3.51. The molecule has 0 bridgehead atoms. The maximum absolute atomic E-state index is 14.0. The Balaban J connectivity index is 1.13. The lowest BCUT2D eigenvalue weighted by molar-refractivity contribution is -0.138. The van der Waals surface area contributed by atoms with Gasteiger partial charge in [0.2, 0.25) is 0 Å². The van der Waals surface area contributed by atoms with Gasteiger partial charge in [0.15, 0.2) is 5.82 Å². The highest BCUT2D eigenvalue weighted by Crippen LogP contribution is 2.32. The molecule has 0 saturated carbocycles. The normalized spacial score (nSPS) is 14.6. The molecule has 0 spiro atoms. The maximum Gasteiger partial charge on any atom is 0.423 e. The summed E-state index contributed by atoms with van der Waals surface area (Å²) in [5.41, 5.74) is -1.92. The van der Waals surface area contributed by atoms with Gasteiger partial charge in [-0.3, -0.25) is 4.79 Å². The van der Waals surface area contributed by atoms with E-state index in [1.807, 2.05) is 6.07 Å². The second kappa shape index (κ2) is 13.8. The summed E-state index contributed by atoms with van der Waals surface area (Å²) in [7, 11) is 1.50. The number of nitrogens with one attached hydrogen (secondary N) is 1. The zero-order valence-electron chi connectivity index (χ0n) is 24.6. The van der Waals surface area contributed by atoms with E-state index in [1.54, 1.807) is 43.5 Å². The van der Waals surface area contributed by atoms with E-state index in [1.165, 1.54) is 7.11 Å². The molecule has 15 heteroatoms. The van der Waals surface area contributed by atoms with Gasteiger partial charge in [-0.25, -0.2) is 9.67 Å². The highest BCUT2D eigenvalue weighted by Gasteiger charge is 2.38. The number of piperidine rings is 1. The highest BCUT2D eigenvalue weighted by atomic mass is 19.4. The van der Waals surface area contributed by atoms with Crippen molar-refractivity contribution in [2.45, 2.75) is 51.1 Å². The molecule has 3 aromatic heterocycles. The molecule has 0 radical (unpaired) electrons. The fourth-order valence-electron chi connectivity index (χ4n) is 5.02. The third-order valence-electron chi connectivity index (χ3n) is 7.36. The van der Waals surface area contributed by atoms with Crippen LogP contribution in [0.5, 0.6) is 5.75 Å². The third-order valence-corrected chi connectivity index (χ3v) is 7.36. The van der Waals surface area contributed by atoms with Crippen LogP contribution >= 0.6 is 0 Å². The number of methoxy groups -OCH3 is 1. The first-order chi connectivity index (χ1) is 21.6. The molecule has 1 atom stereocenters. The van der Waals surface area contributed by atoms with Gasteiger partial charge in [-0.2, -0.15) is 28.5 Å². The molecule has 1 aliphatic heterocycles. The van der Waals surface area contributed by atoms with Crippen LogP contribution in [0.25, 0.3) is 0 Å². The molecule has 1 aromatic carbocycles. The van der Waals surface area contributed by atoms with Gasteiger partial charge in [0.25, 0.3) is 11.4 Å². The summed E-state index contributed by atoms with van der Waals surface area (Å²) in [6.45, 7) is 2.95. The van der Waals surface area contributed by atoms with E-state index in [2.05, 4.69) is 36.5 Å². The van der Waals surface area contributed by atoms with E-state index in [0.717, 1.165) is 42.6 Å². The molecular formula is C30H31F3N8O4. The number of hydrogen-bond acceptors (Lipinski definition) is 11. The number of benzene rings is 1. The van der Waals surface area contributed by atoms with Crippen LogP contribution in [0.15, 0.2) is 58.1 Å². The minimum atomic E-state index is -4.90. The summed E-state index contributed by atoms with van der Waals surface area (Å²) in [4.78, 5) is 23.8. The fraction of sp³-hybridized carbons (Fsp3) is 0.400. The molecule has 45 heavy (non-hydrogen) atoms. The summed E-state index contributed by atoms with van der Waals surface area (Å²) in [5.74, 6) is 2.32. The number of rotatable bonds is 11. The number of nitriles is 1. The zero-order chi connectivity index (χ0) is 32.0. The Kier molecular flexibility index (Phi) is 9.62. The summed E-state index contributed by atoms with van der Waals surface area (Å²) in [6, 6.07) is 11.6. The van der Waals surface area contributed by atoms with E-state index in [9.17, 15) is 18.0 Å².